The molecule has 0 N–H and O–H groups in total. The Morgan fingerprint density at radius 1 is 1.09 bits per heavy atom. The maximum absolute atomic E-state index is 5.98. The zero-order valence-corrected chi connectivity index (χ0v) is 14.0. The summed E-state index contributed by atoms with van der Waals surface area (Å²) in [4.78, 5) is 0. The first kappa shape index (κ1) is 16.7. The van der Waals surface area contributed by atoms with Crippen molar-refractivity contribution in [1.29, 1.82) is 0 Å². The lowest BCUT2D eigenvalue weighted by atomic mass is 10.3. The third-order valence-corrected chi connectivity index (χ3v) is 3.23. The molecule has 0 aliphatic rings. The van der Waals surface area contributed by atoms with Crippen molar-refractivity contribution in [1.82, 2.24) is 0 Å². The molecule has 2 aromatic rings. The Bertz CT molecular complexity index is 775. The monoisotopic (exact) mass is 354 g/mol. The van der Waals surface area contributed by atoms with Crippen molar-refractivity contribution in [2.75, 3.05) is 13.2 Å². The van der Waals surface area contributed by atoms with Crippen molar-refractivity contribution < 1.29 is 13.9 Å². The van der Waals surface area contributed by atoms with Gasteiger partial charge in [0, 0.05) is 17.2 Å². The highest BCUT2D eigenvalue weighted by atomic mass is 35.5. The first-order valence-electron chi connectivity index (χ1n) is 6.33. The van der Waals surface area contributed by atoms with Crippen LogP contribution in [0, 0.1) is 23.5 Å². The zero-order valence-electron chi connectivity index (χ0n) is 11.7. The van der Waals surface area contributed by atoms with Gasteiger partial charge in [-0.1, -0.05) is 35.0 Å². The van der Waals surface area contributed by atoms with Gasteiger partial charge in [-0.15, -0.1) is 0 Å². The fourth-order valence-electron chi connectivity index (χ4n) is 1.59. The van der Waals surface area contributed by atoms with Crippen molar-refractivity contribution in [2.45, 2.75) is 6.92 Å². The molecule has 2 rings (SSSR count). The van der Waals surface area contributed by atoms with Gasteiger partial charge in [-0.05, 0) is 37.3 Å². The summed E-state index contributed by atoms with van der Waals surface area (Å²) in [6.07, 6.45) is 0. The second-order valence-corrected chi connectivity index (χ2v) is 5.47. The number of aryl methyl sites for hydroxylation is 1. The predicted octanol–water partition coefficient (Wildman–Crippen LogP) is 5.09. The van der Waals surface area contributed by atoms with Crippen molar-refractivity contribution in [3.05, 3.63) is 50.8 Å². The molecule has 0 unspecified atom stereocenters. The largest absolute Gasteiger partial charge is 0.481 e. The normalized spacial score (nSPS) is 9.77. The van der Waals surface area contributed by atoms with Crippen LogP contribution >= 0.6 is 35.4 Å². The number of halogens is 2. The van der Waals surface area contributed by atoms with E-state index in [0.717, 1.165) is 0 Å². The molecule has 0 saturated heterocycles. The summed E-state index contributed by atoms with van der Waals surface area (Å²) >= 11 is 16.7. The van der Waals surface area contributed by atoms with E-state index in [9.17, 15) is 0 Å². The van der Waals surface area contributed by atoms with Crippen molar-refractivity contribution in [2.24, 2.45) is 0 Å². The Kier molecular flexibility index (Phi) is 6.14. The van der Waals surface area contributed by atoms with Crippen LogP contribution in [-0.4, -0.2) is 13.2 Å². The lowest BCUT2D eigenvalue weighted by Gasteiger charge is -2.04. The van der Waals surface area contributed by atoms with Gasteiger partial charge in [-0.2, -0.15) is 0 Å². The molecule has 0 aliphatic carbocycles. The lowest BCUT2D eigenvalue weighted by Crippen LogP contribution is -1.97. The summed E-state index contributed by atoms with van der Waals surface area (Å²) in [5.41, 5.74) is 0. The predicted molar refractivity (Wildman–Crippen MR) is 89.5 cm³/mol. The van der Waals surface area contributed by atoms with Gasteiger partial charge in [-0.3, -0.25) is 0 Å². The zero-order chi connectivity index (χ0) is 15.9. The molecule has 1 aromatic carbocycles. The SMILES string of the molecule is Cc1cc(OCC#CCOc2ccc(Cl)cc2Cl)cc(=S)o1. The van der Waals surface area contributed by atoms with Crippen LogP contribution in [0.1, 0.15) is 5.76 Å². The summed E-state index contributed by atoms with van der Waals surface area (Å²) in [5.74, 6) is 7.54. The van der Waals surface area contributed by atoms with Gasteiger partial charge in [0.25, 0.3) is 0 Å². The highest BCUT2D eigenvalue weighted by molar-refractivity contribution is 7.71. The highest BCUT2D eigenvalue weighted by Gasteiger charge is 2.00. The van der Waals surface area contributed by atoms with E-state index in [0.29, 0.717) is 32.0 Å². The van der Waals surface area contributed by atoms with Gasteiger partial charge in [0.05, 0.1) is 5.02 Å². The average molecular weight is 355 g/mol. The van der Waals surface area contributed by atoms with Crippen LogP contribution in [0.4, 0.5) is 0 Å². The van der Waals surface area contributed by atoms with Crippen LogP contribution in [0.15, 0.2) is 34.7 Å². The summed E-state index contributed by atoms with van der Waals surface area (Å²) < 4.78 is 16.5. The van der Waals surface area contributed by atoms with Crippen LogP contribution in [0.2, 0.25) is 10.0 Å². The molecule has 22 heavy (non-hydrogen) atoms. The quantitative estimate of drug-likeness (QED) is 0.565. The maximum Gasteiger partial charge on any atom is 0.193 e. The Labute approximate surface area is 143 Å². The molecule has 0 amide bonds. The number of rotatable bonds is 4. The Morgan fingerprint density at radius 3 is 2.50 bits per heavy atom. The molecular weight excluding hydrogens is 343 g/mol. The third kappa shape index (κ3) is 5.27. The third-order valence-electron chi connectivity index (χ3n) is 2.50. The van der Waals surface area contributed by atoms with Gasteiger partial charge < -0.3 is 13.9 Å². The van der Waals surface area contributed by atoms with E-state index in [-0.39, 0.29) is 13.2 Å². The first-order valence-corrected chi connectivity index (χ1v) is 7.49. The molecule has 114 valence electrons. The molecule has 0 aliphatic heterocycles. The number of hydrogen-bond donors (Lipinski definition) is 0. The van der Waals surface area contributed by atoms with E-state index >= 15 is 0 Å². The summed E-state index contributed by atoms with van der Waals surface area (Å²) in [6.45, 7) is 2.24. The first-order chi connectivity index (χ1) is 10.5. The van der Waals surface area contributed by atoms with Gasteiger partial charge in [0.1, 0.15) is 30.5 Å². The van der Waals surface area contributed by atoms with Gasteiger partial charge in [0.15, 0.2) is 4.71 Å². The van der Waals surface area contributed by atoms with Crippen LogP contribution in [0.25, 0.3) is 0 Å². The van der Waals surface area contributed by atoms with E-state index in [1.165, 1.54) is 0 Å². The van der Waals surface area contributed by atoms with Gasteiger partial charge in [-0.25, -0.2) is 0 Å². The molecule has 0 spiro atoms. The molecule has 0 fully saturated rings. The Balaban J connectivity index is 1.81. The number of ether oxygens (including phenoxy) is 2. The Hall–Kier alpha value is -1.67. The minimum absolute atomic E-state index is 0.208. The molecule has 1 heterocycles. The maximum atomic E-state index is 5.98. The van der Waals surface area contributed by atoms with Crippen LogP contribution in [0.3, 0.4) is 0 Å². The molecule has 0 bridgehead atoms. The van der Waals surface area contributed by atoms with Crippen molar-refractivity contribution in [3.63, 3.8) is 0 Å². The van der Waals surface area contributed by atoms with Crippen molar-refractivity contribution in [3.8, 4) is 23.3 Å². The fraction of sp³-hybridized carbons (Fsp3) is 0.188. The van der Waals surface area contributed by atoms with Crippen LogP contribution in [0.5, 0.6) is 11.5 Å². The van der Waals surface area contributed by atoms with E-state index in [1.807, 2.05) is 0 Å². The van der Waals surface area contributed by atoms with E-state index in [2.05, 4.69) is 11.8 Å². The average Bonchev–Trinajstić information content (AvgIpc) is 2.43. The summed E-state index contributed by atoms with van der Waals surface area (Å²) in [6, 6.07) is 8.40. The number of hydrogen-bond acceptors (Lipinski definition) is 4. The molecule has 0 radical (unpaired) electrons. The summed E-state index contributed by atoms with van der Waals surface area (Å²) in [7, 11) is 0. The number of benzene rings is 1. The topological polar surface area (TPSA) is 31.6 Å². The standard InChI is InChI=1S/C16H12Cl2O3S/c1-11-8-13(10-16(22)21-11)19-6-2-3-7-20-15-5-4-12(17)9-14(15)18/h4-5,8-10H,6-7H2,1H3. The van der Waals surface area contributed by atoms with Crippen molar-refractivity contribution >= 4 is 35.4 Å². The highest BCUT2D eigenvalue weighted by Crippen LogP contribution is 2.27. The molecule has 0 saturated carbocycles. The Morgan fingerprint density at radius 2 is 1.82 bits per heavy atom. The molecule has 3 nitrogen and oxygen atoms in total. The van der Waals surface area contributed by atoms with Gasteiger partial charge in [0.2, 0.25) is 0 Å². The second kappa shape index (κ2) is 8.09. The van der Waals surface area contributed by atoms with Crippen LogP contribution in [-0.2, 0) is 0 Å². The smallest absolute Gasteiger partial charge is 0.193 e. The molecule has 1 aromatic heterocycles. The van der Waals surface area contributed by atoms with E-state index < -0.39 is 0 Å². The molecular formula is C16H12Cl2O3S. The van der Waals surface area contributed by atoms with Gasteiger partial charge >= 0.3 is 0 Å². The van der Waals surface area contributed by atoms with E-state index in [1.54, 1.807) is 37.3 Å². The molecule has 6 heteroatoms. The fourth-order valence-corrected chi connectivity index (χ4v) is 2.30. The molecule has 0 atom stereocenters. The van der Waals surface area contributed by atoms with E-state index in [4.69, 9.17) is 49.3 Å². The second-order valence-electron chi connectivity index (χ2n) is 4.23. The lowest BCUT2D eigenvalue weighted by molar-refractivity contribution is 0.357. The van der Waals surface area contributed by atoms with Crippen LogP contribution < -0.4 is 9.47 Å². The summed E-state index contributed by atoms with van der Waals surface area (Å²) in [5, 5.41) is 1.01. The minimum atomic E-state index is 0.208. The minimum Gasteiger partial charge on any atom is -0.481 e.